The first-order valence-electron chi connectivity index (χ1n) is 11.2. The summed E-state index contributed by atoms with van der Waals surface area (Å²) < 4.78 is 14.4. The third kappa shape index (κ3) is 5.27. The molecule has 0 spiro atoms. The molecule has 0 aliphatic rings. The Morgan fingerprint density at radius 2 is 1.71 bits per heavy atom. The van der Waals surface area contributed by atoms with Gasteiger partial charge in [0, 0.05) is 23.0 Å². The largest absolute Gasteiger partial charge is 0.478 e. The van der Waals surface area contributed by atoms with Gasteiger partial charge in [0.05, 0.1) is 11.3 Å². The Morgan fingerprint density at radius 1 is 0.943 bits per heavy atom. The molecule has 0 fully saturated rings. The number of aromatic nitrogens is 1. The molecule has 1 aromatic heterocycles. The van der Waals surface area contributed by atoms with Crippen LogP contribution in [0.4, 0.5) is 4.39 Å². The first-order chi connectivity index (χ1) is 16.9. The molecule has 0 atom stereocenters. The lowest BCUT2D eigenvalue weighted by Crippen LogP contribution is -2.06. The van der Waals surface area contributed by atoms with Crippen molar-refractivity contribution in [2.45, 2.75) is 26.7 Å². The first kappa shape index (κ1) is 23.8. The number of carbonyl (C=O) groups is 1. The summed E-state index contributed by atoms with van der Waals surface area (Å²) in [6.45, 7) is 3.97. The maximum atomic E-state index is 14.4. The van der Waals surface area contributed by atoms with Crippen LogP contribution < -0.4 is 0 Å². The van der Waals surface area contributed by atoms with Gasteiger partial charge < -0.3 is 10.3 Å². The Morgan fingerprint density at radius 3 is 2.37 bits per heavy atom. The van der Waals surface area contributed by atoms with Gasteiger partial charge in [-0.3, -0.25) is 4.98 Å². The van der Waals surface area contributed by atoms with Crippen LogP contribution in [0.15, 0.2) is 84.1 Å². The predicted octanol–water partition coefficient (Wildman–Crippen LogP) is 6.68. The quantitative estimate of drug-likeness (QED) is 0.180. The number of carboxylic acids is 1. The SMILES string of the molecule is Cc1cc(-c2cccc(/C(CCc3ccc(-c4ccc(C(=O)O)cc4F)cc3)=N\O)c2C)ccn1. The molecule has 0 bridgehead atoms. The lowest BCUT2D eigenvalue weighted by atomic mass is 9.92. The zero-order chi connectivity index (χ0) is 24.9. The predicted molar refractivity (Wildman–Crippen MR) is 135 cm³/mol. The molecule has 4 aromatic rings. The number of aromatic carboxylic acids is 1. The molecule has 2 N–H and O–H groups in total. The summed E-state index contributed by atoms with van der Waals surface area (Å²) in [4.78, 5) is 15.3. The van der Waals surface area contributed by atoms with Crippen LogP contribution in [0.25, 0.3) is 22.3 Å². The summed E-state index contributed by atoms with van der Waals surface area (Å²) in [5.74, 6) is -1.74. The molecule has 176 valence electrons. The van der Waals surface area contributed by atoms with Crippen LogP contribution in [0.5, 0.6) is 0 Å². The van der Waals surface area contributed by atoms with E-state index in [1.807, 2.05) is 68.4 Å². The van der Waals surface area contributed by atoms with E-state index < -0.39 is 11.8 Å². The molecule has 35 heavy (non-hydrogen) atoms. The summed E-state index contributed by atoms with van der Waals surface area (Å²) in [6.07, 6.45) is 2.95. The van der Waals surface area contributed by atoms with Gasteiger partial charge in [0.25, 0.3) is 0 Å². The minimum atomic E-state index is -1.16. The van der Waals surface area contributed by atoms with Crippen molar-refractivity contribution in [2.75, 3.05) is 0 Å². The molecule has 4 rings (SSSR count). The number of pyridine rings is 1. The normalized spacial score (nSPS) is 11.5. The summed E-state index contributed by atoms with van der Waals surface area (Å²) >= 11 is 0. The Bertz CT molecular complexity index is 1410. The van der Waals surface area contributed by atoms with Crippen molar-refractivity contribution in [3.63, 3.8) is 0 Å². The second kappa shape index (κ2) is 10.3. The Balaban J connectivity index is 1.51. The van der Waals surface area contributed by atoms with Crippen molar-refractivity contribution in [1.29, 1.82) is 0 Å². The van der Waals surface area contributed by atoms with Gasteiger partial charge in [0.2, 0.25) is 0 Å². The smallest absolute Gasteiger partial charge is 0.335 e. The average molecular weight is 469 g/mol. The standard InChI is InChI=1S/C29H25FN2O3/c1-18-16-22(14-15-31-18)24-4-3-5-25(19(24)2)28(32-35)13-8-20-6-9-21(10-7-20)26-12-11-23(29(33)34)17-27(26)30/h3-7,9-12,14-17,35H,8,13H2,1-2H3,(H,33,34)/b32-28-. The van der Waals surface area contributed by atoms with Crippen LogP contribution >= 0.6 is 0 Å². The van der Waals surface area contributed by atoms with Crippen molar-refractivity contribution in [2.24, 2.45) is 5.16 Å². The minimum Gasteiger partial charge on any atom is -0.478 e. The van der Waals surface area contributed by atoms with Gasteiger partial charge in [-0.15, -0.1) is 0 Å². The molecular formula is C29H25FN2O3. The van der Waals surface area contributed by atoms with Crippen LogP contribution in [-0.4, -0.2) is 27.0 Å². The van der Waals surface area contributed by atoms with E-state index >= 15 is 0 Å². The minimum absolute atomic E-state index is 0.0860. The lowest BCUT2D eigenvalue weighted by molar-refractivity contribution is 0.0696. The van der Waals surface area contributed by atoms with Crippen molar-refractivity contribution >= 4 is 11.7 Å². The Kier molecular flexibility index (Phi) is 7.01. The average Bonchev–Trinajstić information content (AvgIpc) is 2.85. The fourth-order valence-electron chi connectivity index (χ4n) is 4.21. The summed E-state index contributed by atoms with van der Waals surface area (Å²) in [5.41, 5.74) is 7.50. The van der Waals surface area contributed by atoms with Gasteiger partial charge in [-0.2, -0.15) is 0 Å². The van der Waals surface area contributed by atoms with E-state index in [4.69, 9.17) is 5.11 Å². The van der Waals surface area contributed by atoms with Crippen molar-refractivity contribution in [1.82, 2.24) is 4.98 Å². The fourth-order valence-corrected chi connectivity index (χ4v) is 4.21. The van der Waals surface area contributed by atoms with Gasteiger partial charge in [-0.1, -0.05) is 53.7 Å². The molecule has 5 nitrogen and oxygen atoms in total. The first-order valence-corrected chi connectivity index (χ1v) is 11.2. The highest BCUT2D eigenvalue weighted by Crippen LogP contribution is 2.28. The second-order valence-corrected chi connectivity index (χ2v) is 8.41. The third-order valence-corrected chi connectivity index (χ3v) is 6.10. The fraction of sp³-hybridized carbons (Fsp3) is 0.138. The number of benzene rings is 3. The Hall–Kier alpha value is -4.32. The molecule has 0 unspecified atom stereocenters. The maximum absolute atomic E-state index is 14.4. The Labute approximate surface area is 203 Å². The molecule has 0 amide bonds. The molecular weight excluding hydrogens is 443 g/mol. The van der Waals surface area contributed by atoms with Gasteiger partial charge in [0.15, 0.2) is 0 Å². The molecule has 0 aliphatic carbocycles. The number of halogens is 1. The molecule has 0 aliphatic heterocycles. The zero-order valence-corrected chi connectivity index (χ0v) is 19.5. The van der Waals surface area contributed by atoms with Gasteiger partial charge in [-0.25, -0.2) is 9.18 Å². The molecule has 0 saturated heterocycles. The molecule has 0 saturated carbocycles. The van der Waals surface area contributed by atoms with E-state index in [0.717, 1.165) is 39.6 Å². The summed E-state index contributed by atoms with van der Waals surface area (Å²) in [5, 5.41) is 22.4. The van der Waals surface area contributed by atoms with Crippen LogP contribution in [0.3, 0.4) is 0 Å². The lowest BCUT2D eigenvalue weighted by Gasteiger charge is -2.13. The number of rotatable bonds is 7. The van der Waals surface area contributed by atoms with E-state index in [2.05, 4.69) is 10.1 Å². The summed E-state index contributed by atoms with van der Waals surface area (Å²) in [6, 6.07) is 21.3. The highest BCUT2D eigenvalue weighted by molar-refractivity contribution is 6.03. The van der Waals surface area contributed by atoms with Crippen molar-refractivity contribution in [3.05, 3.63) is 113 Å². The van der Waals surface area contributed by atoms with Crippen molar-refractivity contribution in [3.8, 4) is 22.3 Å². The highest BCUT2D eigenvalue weighted by Gasteiger charge is 2.13. The number of carboxylic acid groups (broad SMARTS) is 1. The van der Waals surface area contributed by atoms with Gasteiger partial charge in [-0.05, 0) is 78.8 Å². The van der Waals surface area contributed by atoms with Gasteiger partial charge >= 0.3 is 5.97 Å². The number of hydrogen-bond acceptors (Lipinski definition) is 4. The van der Waals surface area contributed by atoms with E-state index in [1.54, 1.807) is 6.20 Å². The number of oxime groups is 1. The number of nitrogens with zero attached hydrogens (tertiary/aromatic N) is 2. The van der Waals surface area contributed by atoms with Gasteiger partial charge in [0.1, 0.15) is 5.82 Å². The number of hydrogen-bond donors (Lipinski definition) is 2. The monoisotopic (exact) mass is 468 g/mol. The van der Waals surface area contributed by atoms with E-state index in [1.165, 1.54) is 12.1 Å². The molecule has 0 radical (unpaired) electrons. The van der Waals surface area contributed by atoms with E-state index in [0.29, 0.717) is 29.7 Å². The highest BCUT2D eigenvalue weighted by atomic mass is 19.1. The van der Waals surface area contributed by atoms with Crippen LogP contribution in [0, 0.1) is 19.7 Å². The number of aryl methyl sites for hydroxylation is 2. The topological polar surface area (TPSA) is 82.8 Å². The molecule has 6 heteroatoms. The van der Waals surface area contributed by atoms with Crippen molar-refractivity contribution < 1.29 is 19.5 Å². The molecule has 3 aromatic carbocycles. The summed E-state index contributed by atoms with van der Waals surface area (Å²) in [7, 11) is 0. The van der Waals surface area contributed by atoms with E-state index in [-0.39, 0.29) is 5.56 Å². The zero-order valence-electron chi connectivity index (χ0n) is 19.5. The van der Waals surface area contributed by atoms with Crippen LogP contribution in [-0.2, 0) is 6.42 Å². The van der Waals surface area contributed by atoms with Crippen LogP contribution in [0.2, 0.25) is 0 Å². The van der Waals surface area contributed by atoms with Crippen LogP contribution in [0.1, 0.15) is 39.2 Å². The third-order valence-electron chi connectivity index (χ3n) is 6.10. The van der Waals surface area contributed by atoms with E-state index in [9.17, 15) is 14.4 Å². The maximum Gasteiger partial charge on any atom is 0.335 e. The second-order valence-electron chi connectivity index (χ2n) is 8.41. The molecule has 1 heterocycles.